The summed E-state index contributed by atoms with van der Waals surface area (Å²) in [6.45, 7) is 8.37. The smallest absolute Gasteiger partial charge is 0.175 e. The van der Waals surface area contributed by atoms with E-state index in [4.69, 9.17) is 0 Å². The minimum atomic E-state index is -3.25. The predicted octanol–water partition coefficient (Wildman–Crippen LogP) is 5.01. The first kappa shape index (κ1) is 20.3. The first-order chi connectivity index (χ1) is 13.2. The van der Waals surface area contributed by atoms with Crippen molar-refractivity contribution in [3.05, 3.63) is 65.7 Å². The summed E-state index contributed by atoms with van der Waals surface area (Å²) in [6.07, 6.45) is 4.95. The average molecular weight is 397 g/mol. The van der Waals surface area contributed by atoms with E-state index in [1.165, 1.54) is 6.26 Å². The van der Waals surface area contributed by atoms with Crippen molar-refractivity contribution < 1.29 is 8.42 Å². The minimum Gasteiger partial charge on any atom is -0.303 e. The lowest BCUT2D eigenvalue weighted by molar-refractivity contribution is 0.601. The number of sulfone groups is 1. The molecular formula is C23H28N2O2S. The van der Waals surface area contributed by atoms with E-state index in [0.29, 0.717) is 17.2 Å². The van der Waals surface area contributed by atoms with E-state index in [1.807, 2.05) is 38.1 Å². The number of aryl methyl sites for hydroxylation is 2. The van der Waals surface area contributed by atoms with Crippen LogP contribution >= 0.6 is 0 Å². The van der Waals surface area contributed by atoms with Gasteiger partial charge in [-0.15, -0.1) is 0 Å². The molecule has 4 nitrogen and oxygen atoms in total. The molecule has 0 unspecified atom stereocenters. The van der Waals surface area contributed by atoms with E-state index in [9.17, 15) is 8.42 Å². The highest BCUT2D eigenvalue weighted by molar-refractivity contribution is 7.90. The van der Waals surface area contributed by atoms with Crippen LogP contribution in [-0.2, 0) is 22.7 Å². The Morgan fingerprint density at radius 2 is 1.68 bits per heavy atom. The molecule has 148 valence electrons. The van der Waals surface area contributed by atoms with Crippen LogP contribution in [0.4, 0.5) is 0 Å². The van der Waals surface area contributed by atoms with Gasteiger partial charge in [-0.3, -0.25) is 0 Å². The van der Waals surface area contributed by atoms with Crippen molar-refractivity contribution in [2.75, 3.05) is 6.26 Å². The number of hydrogen-bond donors (Lipinski definition) is 0. The Kier molecular flexibility index (Phi) is 5.75. The largest absolute Gasteiger partial charge is 0.303 e. The maximum atomic E-state index is 12.2. The van der Waals surface area contributed by atoms with Crippen molar-refractivity contribution in [2.24, 2.45) is 5.92 Å². The highest BCUT2D eigenvalue weighted by Crippen LogP contribution is 2.27. The SMILES string of the molecule is CCc1ccc(-c2ccc(-n3cc(C)nc3CC(C)C)cc2)cc1S(C)(=O)=O. The van der Waals surface area contributed by atoms with Gasteiger partial charge in [0.15, 0.2) is 9.84 Å². The number of nitrogens with zero attached hydrogens (tertiary/aromatic N) is 2. The molecule has 0 aliphatic rings. The Morgan fingerprint density at radius 3 is 2.25 bits per heavy atom. The molecule has 3 rings (SSSR count). The Bertz CT molecular complexity index is 1080. The van der Waals surface area contributed by atoms with Gasteiger partial charge in [0, 0.05) is 24.6 Å². The van der Waals surface area contributed by atoms with Crippen LogP contribution in [-0.4, -0.2) is 24.2 Å². The first-order valence-corrected chi connectivity index (χ1v) is 11.6. The molecule has 0 spiro atoms. The fourth-order valence-electron chi connectivity index (χ4n) is 3.47. The van der Waals surface area contributed by atoms with Gasteiger partial charge in [-0.1, -0.05) is 45.0 Å². The summed E-state index contributed by atoms with van der Waals surface area (Å²) in [5, 5.41) is 0. The quantitative estimate of drug-likeness (QED) is 0.588. The second-order valence-electron chi connectivity index (χ2n) is 7.76. The van der Waals surface area contributed by atoms with E-state index < -0.39 is 9.84 Å². The van der Waals surface area contributed by atoms with Crippen molar-refractivity contribution in [2.45, 2.75) is 45.4 Å². The topological polar surface area (TPSA) is 52.0 Å². The van der Waals surface area contributed by atoms with Crippen LogP contribution in [0.5, 0.6) is 0 Å². The summed E-state index contributed by atoms with van der Waals surface area (Å²) in [5.74, 6) is 1.60. The second-order valence-corrected chi connectivity index (χ2v) is 9.75. The van der Waals surface area contributed by atoms with Gasteiger partial charge in [-0.05, 0) is 54.2 Å². The summed E-state index contributed by atoms with van der Waals surface area (Å²) < 4.78 is 26.4. The van der Waals surface area contributed by atoms with Crippen LogP contribution in [0.2, 0.25) is 0 Å². The zero-order chi connectivity index (χ0) is 20.5. The van der Waals surface area contributed by atoms with Gasteiger partial charge in [0.2, 0.25) is 0 Å². The van der Waals surface area contributed by atoms with Crippen LogP contribution in [0.15, 0.2) is 53.6 Å². The third-order valence-corrected chi connectivity index (χ3v) is 6.00. The molecule has 0 saturated carbocycles. The van der Waals surface area contributed by atoms with Crippen LogP contribution in [0.25, 0.3) is 16.8 Å². The predicted molar refractivity (Wildman–Crippen MR) is 115 cm³/mol. The molecule has 0 N–H and O–H groups in total. The summed E-state index contributed by atoms with van der Waals surface area (Å²) in [5.41, 5.74) is 4.84. The first-order valence-electron chi connectivity index (χ1n) is 9.67. The number of aromatic nitrogens is 2. The number of imidazole rings is 1. The van der Waals surface area contributed by atoms with Gasteiger partial charge in [0.1, 0.15) is 5.82 Å². The minimum absolute atomic E-state index is 0.418. The van der Waals surface area contributed by atoms with Gasteiger partial charge >= 0.3 is 0 Å². The molecule has 0 fully saturated rings. The second kappa shape index (κ2) is 7.92. The molecule has 0 aliphatic carbocycles. The molecule has 0 saturated heterocycles. The molecule has 0 amide bonds. The van der Waals surface area contributed by atoms with E-state index in [2.05, 4.69) is 41.7 Å². The van der Waals surface area contributed by atoms with Crippen molar-refractivity contribution in [3.63, 3.8) is 0 Å². The summed E-state index contributed by atoms with van der Waals surface area (Å²) in [6, 6.07) is 13.9. The molecule has 3 aromatic rings. The van der Waals surface area contributed by atoms with Crippen LogP contribution in [0.1, 0.15) is 37.9 Å². The summed E-state index contributed by atoms with van der Waals surface area (Å²) in [4.78, 5) is 5.08. The number of hydrogen-bond acceptors (Lipinski definition) is 3. The highest BCUT2D eigenvalue weighted by atomic mass is 32.2. The lowest BCUT2D eigenvalue weighted by atomic mass is 10.0. The zero-order valence-electron chi connectivity index (χ0n) is 17.2. The van der Waals surface area contributed by atoms with E-state index in [1.54, 1.807) is 6.07 Å². The van der Waals surface area contributed by atoms with Gasteiger partial charge in [0.25, 0.3) is 0 Å². The Balaban J connectivity index is 1.98. The van der Waals surface area contributed by atoms with Crippen molar-refractivity contribution in [1.29, 1.82) is 0 Å². The Morgan fingerprint density at radius 1 is 1.04 bits per heavy atom. The highest BCUT2D eigenvalue weighted by Gasteiger charge is 2.14. The Labute approximate surface area is 168 Å². The van der Waals surface area contributed by atoms with Crippen molar-refractivity contribution in [1.82, 2.24) is 9.55 Å². The van der Waals surface area contributed by atoms with E-state index >= 15 is 0 Å². The molecule has 0 radical (unpaired) electrons. The number of benzene rings is 2. The molecule has 5 heteroatoms. The van der Waals surface area contributed by atoms with Crippen LogP contribution < -0.4 is 0 Å². The van der Waals surface area contributed by atoms with Gasteiger partial charge in [-0.2, -0.15) is 0 Å². The Hall–Kier alpha value is -2.40. The fourth-order valence-corrected chi connectivity index (χ4v) is 4.50. The average Bonchev–Trinajstić information content (AvgIpc) is 3.00. The normalized spacial score (nSPS) is 11.9. The molecule has 1 heterocycles. The summed E-state index contributed by atoms with van der Waals surface area (Å²) in [7, 11) is -3.25. The van der Waals surface area contributed by atoms with Crippen molar-refractivity contribution >= 4 is 9.84 Å². The van der Waals surface area contributed by atoms with Crippen LogP contribution in [0.3, 0.4) is 0 Å². The van der Waals surface area contributed by atoms with Gasteiger partial charge in [0.05, 0.1) is 10.6 Å². The van der Waals surface area contributed by atoms with Crippen molar-refractivity contribution in [3.8, 4) is 16.8 Å². The molecule has 0 atom stereocenters. The maximum Gasteiger partial charge on any atom is 0.175 e. The lowest BCUT2D eigenvalue weighted by Crippen LogP contribution is -2.04. The molecule has 0 aliphatic heterocycles. The van der Waals surface area contributed by atoms with Gasteiger partial charge < -0.3 is 4.57 Å². The molecule has 0 bridgehead atoms. The molecule has 2 aromatic carbocycles. The third-order valence-electron chi connectivity index (χ3n) is 4.82. The van der Waals surface area contributed by atoms with E-state index in [-0.39, 0.29) is 0 Å². The standard InChI is InChI=1S/C23H28N2O2S/c1-6-18-7-8-20(14-22(18)28(5,26)27)19-9-11-21(12-10-19)25-15-17(4)24-23(25)13-16(2)3/h7-12,14-16H,6,13H2,1-5H3. The maximum absolute atomic E-state index is 12.2. The zero-order valence-corrected chi connectivity index (χ0v) is 18.0. The molecule has 1 aromatic heterocycles. The monoisotopic (exact) mass is 396 g/mol. The molecule has 28 heavy (non-hydrogen) atoms. The van der Waals surface area contributed by atoms with E-state index in [0.717, 1.165) is 40.3 Å². The fraction of sp³-hybridized carbons (Fsp3) is 0.348. The number of rotatable bonds is 6. The van der Waals surface area contributed by atoms with Gasteiger partial charge in [-0.25, -0.2) is 13.4 Å². The third kappa shape index (κ3) is 4.36. The lowest BCUT2D eigenvalue weighted by Gasteiger charge is -2.12. The molecular weight excluding hydrogens is 368 g/mol. The van der Waals surface area contributed by atoms with Crippen LogP contribution in [0, 0.1) is 12.8 Å². The summed E-state index contributed by atoms with van der Waals surface area (Å²) >= 11 is 0.